The van der Waals surface area contributed by atoms with Crippen LogP contribution in [-0.4, -0.2) is 17.0 Å². The van der Waals surface area contributed by atoms with Gasteiger partial charge >= 0.3 is 0 Å². The van der Waals surface area contributed by atoms with Crippen LogP contribution in [0.2, 0.25) is 0 Å². The zero-order valence-corrected chi connectivity index (χ0v) is 11.6. The molecule has 1 aromatic rings. The maximum absolute atomic E-state index is 8.66. The minimum absolute atomic E-state index is 0.0800. The summed E-state index contributed by atoms with van der Waals surface area (Å²) in [4.78, 5) is 0. The molecule has 0 fully saturated rings. The highest BCUT2D eigenvalue weighted by Crippen LogP contribution is 2.23. The quantitative estimate of drug-likeness (QED) is 0.825. The van der Waals surface area contributed by atoms with E-state index >= 15 is 0 Å². The highest BCUT2D eigenvalue weighted by atomic mass is 32.2. The third-order valence-electron chi connectivity index (χ3n) is 2.69. The number of thioether (sulfide) groups is 1. The molecule has 0 saturated heterocycles. The molecule has 0 radical (unpaired) electrons. The zero-order valence-electron chi connectivity index (χ0n) is 10.7. The smallest absolute Gasteiger partial charge is 0.104 e. The Balaban J connectivity index is 2.60. The van der Waals surface area contributed by atoms with Gasteiger partial charge in [-0.05, 0) is 23.6 Å². The van der Waals surface area contributed by atoms with Gasteiger partial charge in [0.25, 0.3) is 0 Å². The summed E-state index contributed by atoms with van der Waals surface area (Å²) in [5, 5.41) is 9.33. The van der Waals surface area contributed by atoms with Crippen LogP contribution in [0.15, 0.2) is 24.3 Å². The van der Waals surface area contributed by atoms with Crippen LogP contribution in [0.3, 0.4) is 0 Å². The first-order valence-electron chi connectivity index (χ1n) is 5.93. The van der Waals surface area contributed by atoms with E-state index in [0.29, 0.717) is 11.2 Å². The molecule has 92 valence electrons. The number of aliphatic hydroxyl groups excluding tert-OH is 1. The van der Waals surface area contributed by atoms with Crippen molar-refractivity contribution in [1.82, 2.24) is 0 Å². The van der Waals surface area contributed by atoms with E-state index in [2.05, 4.69) is 44.7 Å². The van der Waals surface area contributed by atoms with Gasteiger partial charge < -0.3 is 5.11 Å². The normalized spacial score (nSPS) is 12.1. The molecule has 0 amide bonds. The lowest BCUT2D eigenvalue weighted by atomic mass is 10.1. The van der Waals surface area contributed by atoms with Gasteiger partial charge in [0.2, 0.25) is 0 Å². The van der Waals surface area contributed by atoms with E-state index in [9.17, 15) is 0 Å². The molecule has 2 heteroatoms. The first kappa shape index (κ1) is 14.2. The molecule has 0 spiro atoms. The van der Waals surface area contributed by atoms with Gasteiger partial charge in [-0.15, -0.1) is 0 Å². The van der Waals surface area contributed by atoms with E-state index in [1.807, 2.05) is 23.9 Å². The van der Waals surface area contributed by atoms with Crippen molar-refractivity contribution in [1.29, 1.82) is 0 Å². The minimum atomic E-state index is -0.0800. The van der Waals surface area contributed by atoms with Gasteiger partial charge in [-0.3, -0.25) is 0 Å². The fourth-order valence-corrected chi connectivity index (χ4v) is 2.32. The summed E-state index contributed by atoms with van der Waals surface area (Å²) < 4.78 is 0. The second-order valence-electron chi connectivity index (χ2n) is 4.42. The van der Waals surface area contributed by atoms with Crippen molar-refractivity contribution < 1.29 is 5.11 Å². The van der Waals surface area contributed by atoms with Gasteiger partial charge in [0.15, 0.2) is 0 Å². The first-order valence-corrected chi connectivity index (χ1v) is 6.98. The van der Waals surface area contributed by atoms with E-state index in [0.717, 1.165) is 11.3 Å². The van der Waals surface area contributed by atoms with Crippen molar-refractivity contribution in [2.75, 3.05) is 6.61 Å². The Kier molecular flexibility index (Phi) is 6.18. The molecule has 0 aliphatic rings. The van der Waals surface area contributed by atoms with Crippen molar-refractivity contribution in [2.45, 2.75) is 31.8 Å². The van der Waals surface area contributed by atoms with Crippen LogP contribution >= 0.6 is 11.8 Å². The standard InChI is InChI=1S/C15H20OS/c1-12(2)13(3)17-11-15-7-4-6-14(10-15)8-5-9-16/h4,6-7,10,12-13,16H,9,11H2,1-3H3. The second-order valence-corrected chi connectivity index (χ2v) is 5.79. The fraction of sp³-hybridized carbons (Fsp3) is 0.467. The van der Waals surface area contributed by atoms with Gasteiger partial charge in [-0.2, -0.15) is 11.8 Å². The molecule has 0 aromatic heterocycles. The summed E-state index contributed by atoms with van der Waals surface area (Å²) in [6.07, 6.45) is 0. The van der Waals surface area contributed by atoms with Gasteiger partial charge in [-0.25, -0.2) is 0 Å². The lowest BCUT2D eigenvalue weighted by Crippen LogP contribution is -2.05. The van der Waals surface area contributed by atoms with Gasteiger partial charge in [0.1, 0.15) is 6.61 Å². The molecule has 0 heterocycles. The average molecular weight is 248 g/mol. The summed E-state index contributed by atoms with van der Waals surface area (Å²) in [7, 11) is 0. The van der Waals surface area contributed by atoms with Crippen molar-refractivity contribution in [3.63, 3.8) is 0 Å². The Hall–Kier alpha value is -0.910. The number of hydrogen-bond donors (Lipinski definition) is 1. The summed E-state index contributed by atoms with van der Waals surface area (Å²) in [6, 6.07) is 8.23. The van der Waals surface area contributed by atoms with E-state index < -0.39 is 0 Å². The average Bonchev–Trinajstić information content (AvgIpc) is 2.33. The molecular formula is C15H20OS. The highest BCUT2D eigenvalue weighted by molar-refractivity contribution is 7.99. The molecule has 1 rings (SSSR count). The Morgan fingerprint density at radius 3 is 2.71 bits per heavy atom. The SMILES string of the molecule is CC(C)C(C)SCc1cccc(C#CCO)c1. The largest absolute Gasteiger partial charge is 0.384 e. The fourth-order valence-electron chi connectivity index (χ4n) is 1.30. The third-order valence-corrected chi connectivity index (χ3v) is 4.26. The monoisotopic (exact) mass is 248 g/mol. The molecule has 0 aliphatic heterocycles. The molecule has 17 heavy (non-hydrogen) atoms. The van der Waals surface area contributed by atoms with Crippen LogP contribution in [0.5, 0.6) is 0 Å². The van der Waals surface area contributed by atoms with Crippen LogP contribution in [0.1, 0.15) is 31.9 Å². The molecular weight excluding hydrogens is 228 g/mol. The summed E-state index contributed by atoms with van der Waals surface area (Å²) in [5.74, 6) is 7.34. The first-order chi connectivity index (χ1) is 8.13. The maximum atomic E-state index is 8.66. The number of aliphatic hydroxyl groups is 1. The van der Waals surface area contributed by atoms with Crippen molar-refractivity contribution in [2.24, 2.45) is 5.92 Å². The van der Waals surface area contributed by atoms with Crippen LogP contribution in [0, 0.1) is 17.8 Å². The topological polar surface area (TPSA) is 20.2 Å². The van der Waals surface area contributed by atoms with Crippen molar-refractivity contribution in [3.05, 3.63) is 35.4 Å². The van der Waals surface area contributed by atoms with Crippen LogP contribution in [-0.2, 0) is 5.75 Å². The lowest BCUT2D eigenvalue weighted by Gasteiger charge is -2.14. The molecule has 1 atom stereocenters. The molecule has 1 N–H and O–H groups in total. The molecule has 1 nitrogen and oxygen atoms in total. The summed E-state index contributed by atoms with van der Waals surface area (Å²) in [6.45, 7) is 6.69. The van der Waals surface area contributed by atoms with Crippen molar-refractivity contribution in [3.8, 4) is 11.8 Å². The van der Waals surface area contributed by atoms with Gasteiger partial charge in [0, 0.05) is 16.6 Å². The Labute approximate surface area is 109 Å². The van der Waals surface area contributed by atoms with Gasteiger partial charge in [0.05, 0.1) is 0 Å². The van der Waals surface area contributed by atoms with Gasteiger partial charge in [-0.1, -0.05) is 44.7 Å². The van der Waals surface area contributed by atoms with Crippen LogP contribution < -0.4 is 0 Å². The Bertz CT molecular complexity index is 401. The van der Waals surface area contributed by atoms with E-state index in [4.69, 9.17) is 5.11 Å². The van der Waals surface area contributed by atoms with E-state index in [1.165, 1.54) is 5.56 Å². The molecule has 1 aromatic carbocycles. The summed E-state index contributed by atoms with van der Waals surface area (Å²) in [5.41, 5.74) is 2.28. The predicted molar refractivity (Wildman–Crippen MR) is 76.0 cm³/mol. The molecule has 0 bridgehead atoms. The van der Waals surface area contributed by atoms with Crippen LogP contribution in [0.25, 0.3) is 0 Å². The Morgan fingerprint density at radius 2 is 2.06 bits per heavy atom. The van der Waals surface area contributed by atoms with E-state index in [-0.39, 0.29) is 6.61 Å². The molecule has 0 saturated carbocycles. The lowest BCUT2D eigenvalue weighted by molar-refractivity contribution is 0.350. The van der Waals surface area contributed by atoms with E-state index in [1.54, 1.807) is 0 Å². The predicted octanol–water partition coefficient (Wildman–Crippen LogP) is 3.31. The summed E-state index contributed by atoms with van der Waals surface area (Å²) >= 11 is 1.97. The molecule has 0 aliphatic carbocycles. The zero-order chi connectivity index (χ0) is 12.7. The minimum Gasteiger partial charge on any atom is -0.384 e. The second kappa shape index (κ2) is 7.42. The number of rotatable bonds is 4. The highest BCUT2D eigenvalue weighted by Gasteiger charge is 2.07. The molecule has 1 unspecified atom stereocenters. The Morgan fingerprint density at radius 1 is 1.29 bits per heavy atom. The maximum Gasteiger partial charge on any atom is 0.104 e. The third kappa shape index (κ3) is 5.30. The number of hydrogen-bond acceptors (Lipinski definition) is 2. The van der Waals surface area contributed by atoms with Crippen molar-refractivity contribution >= 4 is 11.8 Å². The van der Waals surface area contributed by atoms with Crippen LogP contribution in [0.4, 0.5) is 0 Å². The number of benzene rings is 1.